The van der Waals surface area contributed by atoms with Crippen LogP contribution in [0.1, 0.15) is 48.2 Å². The number of phenols is 1. The van der Waals surface area contributed by atoms with Gasteiger partial charge in [0.15, 0.2) is 11.4 Å². The molecule has 212 valence electrons. The van der Waals surface area contributed by atoms with Crippen molar-refractivity contribution in [2.75, 3.05) is 39.2 Å². The van der Waals surface area contributed by atoms with Gasteiger partial charge in [-0.2, -0.15) is 0 Å². The third-order valence-corrected chi connectivity index (χ3v) is 7.92. The van der Waals surface area contributed by atoms with Crippen LogP contribution in [0.25, 0.3) is 0 Å². The summed E-state index contributed by atoms with van der Waals surface area (Å²) in [4.78, 5) is 42.6. The molecule has 3 aliphatic rings. The van der Waals surface area contributed by atoms with E-state index in [2.05, 4.69) is 4.90 Å². The van der Waals surface area contributed by atoms with Crippen molar-refractivity contribution < 1.29 is 39.5 Å². The quantitative estimate of drug-likeness (QED) is 0.302. The lowest BCUT2D eigenvalue weighted by Crippen LogP contribution is -2.57. The molecule has 11 heteroatoms. The fraction of sp³-hybridized carbons (Fsp3) is 0.536. The van der Waals surface area contributed by atoms with Gasteiger partial charge in [0.05, 0.1) is 18.3 Å². The van der Waals surface area contributed by atoms with Gasteiger partial charge in [-0.05, 0) is 56.8 Å². The van der Waals surface area contributed by atoms with E-state index in [4.69, 9.17) is 10.5 Å². The van der Waals surface area contributed by atoms with Gasteiger partial charge in [-0.15, -0.1) is 0 Å². The second kappa shape index (κ2) is 10.3. The Bertz CT molecular complexity index is 1300. The molecule has 3 atom stereocenters. The summed E-state index contributed by atoms with van der Waals surface area (Å²) in [5.74, 6) is -6.37. The van der Waals surface area contributed by atoms with Crippen LogP contribution in [-0.2, 0) is 27.3 Å². The number of hydrogen-bond donors (Lipinski definition) is 5. The SMILES string of the molecule is CC(C)OCCN(C)Cc1cc(O)c2c(c1N(C)C)CC1C[C@H]3CC(O)=C(C(N)=O)C(=O)[C@@]3(O)C(O)=C1C2=O. The third-order valence-electron chi connectivity index (χ3n) is 7.92. The Balaban J connectivity index is 1.78. The number of ketones is 2. The molecule has 0 saturated carbocycles. The molecule has 1 aromatic carbocycles. The molecule has 6 N–H and O–H groups in total. The number of allylic oxidation sites excluding steroid dienone is 2. The highest BCUT2D eigenvalue weighted by molar-refractivity contribution is 6.24. The molecule has 0 radical (unpaired) electrons. The number of benzene rings is 1. The molecule has 11 nitrogen and oxygen atoms in total. The number of nitrogens with two attached hydrogens (primary N) is 1. The Labute approximate surface area is 227 Å². The number of Topliss-reactive ketones (excluding diaryl/α,β-unsaturated/α-hetero) is 2. The third kappa shape index (κ3) is 4.68. The minimum Gasteiger partial charge on any atom is -0.511 e. The Morgan fingerprint density at radius 2 is 1.85 bits per heavy atom. The average Bonchev–Trinajstić information content (AvgIpc) is 2.80. The molecule has 0 spiro atoms. The number of carbonyl (C=O) groups excluding carboxylic acids is 3. The number of primary amides is 1. The van der Waals surface area contributed by atoms with Crippen LogP contribution in [0.2, 0.25) is 0 Å². The predicted octanol–water partition coefficient (Wildman–Crippen LogP) is 1.50. The molecule has 3 aliphatic carbocycles. The standard InChI is InChI=1S/C28H37N3O8/c1-13(2)39-7-6-31(5)12-15-10-18(32)21-17(23(15)30(3)4)9-14-8-16-11-19(33)22(27(29)37)26(36)28(16,38)25(35)20(14)24(21)34/h10,13-14,16,32-33,35,38H,6-9,11-12H2,1-5H3,(H2,29,37)/t14?,16-,28-/m0/s1. The number of aromatic hydroxyl groups is 1. The summed E-state index contributed by atoms with van der Waals surface area (Å²) < 4.78 is 5.65. The van der Waals surface area contributed by atoms with Gasteiger partial charge in [-0.3, -0.25) is 19.3 Å². The molecule has 1 aromatic rings. The van der Waals surface area contributed by atoms with E-state index < -0.39 is 52.0 Å². The fourth-order valence-electron chi connectivity index (χ4n) is 6.23. The van der Waals surface area contributed by atoms with Crippen LogP contribution in [0.3, 0.4) is 0 Å². The second-order valence-corrected chi connectivity index (χ2v) is 11.2. The van der Waals surface area contributed by atoms with E-state index in [-0.39, 0.29) is 42.3 Å². The van der Waals surface area contributed by atoms with Crippen LogP contribution in [0.15, 0.2) is 28.7 Å². The topological polar surface area (TPSA) is 174 Å². The molecule has 4 rings (SSSR count). The van der Waals surface area contributed by atoms with Crippen LogP contribution in [-0.4, -0.2) is 88.8 Å². The zero-order valence-corrected chi connectivity index (χ0v) is 22.9. The Morgan fingerprint density at radius 1 is 1.18 bits per heavy atom. The van der Waals surface area contributed by atoms with Gasteiger partial charge in [0.1, 0.15) is 22.8 Å². The molecule has 0 aromatic heterocycles. The van der Waals surface area contributed by atoms with Crippen molar-refractivity contribution in [2.24, 2.45) is 17.6 Å². The molecular weight excluding hydrogens is 506 g/mol. The smallest absolute Gasteiger partial charge is 0.255 e. The van der Waals surface area contributed by atoms with E-state index in [0.29, 0.717) is 25.3 Å². The lowest BCUT2D eigenvalue weighted by molar-refractivity contribution is -0.144. The van der Waals surface area contributed by atoms with Crippen molar-refractivity contribution in [1.29, 1.82) is 0 Å². The maximum Gasteiger partial charge on any atom is 0.255 e. The van der Waals surface area contributed by atoms with E-state index in [1.165, 1.54) is 6.07 Å². The number of aliphatic hydroxyl groups excluding tert-OH is 2. The summed E-state index contributed by atoms with van der Waals surface area (Å²) in [6.07, 6.45) is 0.196. The monoisotopic (exact) mass is 543 g/mol. The van der Waals surface area contributed by atoms with Gasteiger partial charge in [-0.25, -0.2) is 0 Å². The largest absolute Gasteiger partial charge is 0.511 e. The van der Waals surface area contributed by atoms with Crippen molar-refractivity contribution in [3.05, 3.63) is 45.4 Å². The van der Waals surface area contributed by atoms with Gasteiger partial charge >= 0.3 is 0 Å². The molecule has 0 aliphatic heterocycles. The number of phenolic OH excluding ortho intramolecular Hbond substituents is 1. The number of fused-ring (bicyclic) bond motifs is 3. The number of carbonyl (C=O) groups is 3. The summed E-state index contributed by atoms with van der Waals surface area (Å²) in [5, 5.41) is 44.0. The van der Waals surface area contributed by atoms with Gasteiger partial charge in [0, 0.05) is 50.8 Å². The fourth-order valence-corrected chi connectivity index (χ4v) is 6.23. The summed E-state index contributed by atoms with van der Waals surface area (Å²) in [6.45, 7) is 5.61. The summed E-state index contributed by atoms with van der Waals surface area (Å²) in [5.41, 5.74) is 3.91. The first-order valence-corrected chi connectivity index (χ1v) is 13.0. The number of ether oxygens (including phenoxy) is 1. The lowest BCUT2D eigenvalue weighted by atomic mass is 9.60. The summed E-state index contributed by atoms with van der Waals surface area (Å²) in [7, 11) is 5.63. The second-order valence-electron chi connectivity index (χ2n) is 11.2. The molecule has 1 amide bonds. The lowest BCUT2D eigenvalue weighted by Gasteiger charge is -2.46. The molecule has 1 unspecified atom stereocenters. The number of amides is 1. The summed E-state index contributed by atoms with van der Waals surface area (Å²) >= 11 is 0. The Kier molecular flexibility index (Phi) is 7.54. The Morgan fingerprint density at radius 3 is 2.44 bits per heavy atom. The van der Waals surface area contributed by atoms with Crippen molar-refractivity contribution in [1.82, 2.24) is 4.90 Å². The summed E-state index contributed by atoms with van der Waals surface area (Å²) in [6, 6.07) is 1.53. The number of hydrogen-bond acceptors (Lipinski definition) is 10. The van der Waals surface area contributed by atoms with Gasteiger partial charge in [0.25, 0.3) is 5.91 Å². The van der Waals surface area contributed by atoms with Crippen LogP contribution in [0, 0.1) is 11.8 Å². The first kappa shape index (κ1) is 28.6. The van der Waals surface area contributed by atoms with Gasteiger partial charge in [0.2, 0.25) is 5.78 Å². The maximum atomic E-state index is 13.8. The highest BCUT2D eigenvalue weighted by atomic mass is 16.5. The minimum absolute atomic E-state index is 0.00451. The number of aliphatic hydroxyl groups is 3. The predicted molar refractivity (Wildman–Crippen MR) is 143 cm³/mol. The van der Waals surface area contributed by atoms with E-state index in [0.717, 1.165) is 11.3 Å². The number of nitrogens with zero attached hydrogens (tertiary/aromatic N) is 2. The maximum absolute atomic E-state index is 13.8. The minimum atomic E-state index is -2.57. The van der Waals surface area contributed by atoms with Crippen molar-refractivity contribution in [2.45, 2.75) is 51.4 Å². The van der Waals surface area contributed by atoms with Gasteiger partial charge < -0.3 is 35.8 Å². The number of likely N-dealkylation sites (N-methyl/N-ethyl adjacent to an activating group) is 1. The Hall–Kier alpha value is -3.41. The van der Waals surface area contributed by atoms with Crippen molar-refractivity contribution >= 4 is 23.2 Å². The van der Waals surface area contributed by atoms with E-state index >= 15 is 0 Å². The van der Waals surface area contributed by atoms with E-state index in [1.807, 2.05) is 39.9 Å². The molecule has 0 bridgehead atoms. The highest BCUT2D eigenvalue weighted by Gasteiger charge is 2.59. The van der Waals surface area contributed by atoms with Crippen LogP contribution in [0.4, 0.5) is 5.69 Å². The molecule has 39 heavy (non-hydrogen) atoms. The van der Waals surface area contributed by atoms with E-state index in [9.17, 15) is 34.8 Å². The van der Waals surface area contributed by atoms with Crippen LogP contribution >= 0.6 is 0 Å². The number of rotatable bonds is 8. The van der Waals surface area contributed by atoms with Crippen LogP contribution in [0.5, 0.6) is 5.75 Å². The van der Waals surface area contributed by atoms with Crippen LogP contribution < -0.4 is 10.6 Å². The van der Waals surface area contributed by atoms with E-state index in [1.54, 1.807) is 0 Å². The molecule has 0 fully saturated rings. The number of anilines is 1. The normalized spacial score (nSPS) is 24.7. The van der Waals surface area contributed by atoms with Gasteiger partial charge in [-0.1, -0.05) is 0 Å². The van der Waals surface area contributed by atoms with Crippen molar-refractivity contribution in [3.63, 3.8) is 0 Å². The molecular formula is C28H37N3O8. The molecule has 0 saturated heterocycles. The average molecular weight is 544 g/mol. The zero-order chi connectivity index (χ0) is 29.0. The van der Waals surface area contributed by atoms with Crippen molar-refractivity contribution in [3.8, 4) is 5.75 Å². The first-order valence-electron chi connectivity index (χ1n) is 13.0. The molecule has 0 heterocycles. The zero-order valence-electron chi connectivity index (χ0n) is 22.9. The highest BCUT2D eigenvalue weighted by Crippen LogP contribution is 2.52. The first-order chi connectivity index (χ1) is 18.2.